The van der Waals surface area contributed by atoms with E-state index < -0.39 is 0 Å². The van der Waals surface area contributed by atoms with Gasteiger partial charge < -0.3 is 9.64 Å². The third kappa shape index (κ3) is 4.97. The molecule has 2 rings (SSSR count). The number of ether oxygens (including phenoxy) is 1. The summed E-state index contributed by atoms with van der Waals surface area (Å²) < 4.78 is 5.59. The second-order valence-corrected chi connectivity index (χ2v) is 6.18. The molecule has 0 unspecified atom stereocenters. The number of likely N-dealkylation sites (tertiary alicyclic amines) is 1. The van der Waals surface area contributed by atoms with E-state index in [0.717, 1.165) is 0 Å². The lowest BCUT2D eigenvalue weighted by molar-refractivity contribution is -0.140. The Morgan fingerprint density at radius 1 is 1.10 bits per heavy atom. The Morgan fingerprint density at radius 3 is 2.38 bits per heavy atom. The van der Waals surface area contributed by atoms with Crippen LogP contribution in [0.2, 0.25) is 0 Å². The second-order valence-electron chi connectivity index (χ2n) is 6.18. The smallest absolute Gasteiger partial charge is 0.248 e. The van der Waals surface area contributed by atoms with Crippen molar-refractivity contribution >= 4 is 11.8 Å². The minimum atomic E-state index is -0.129. The van der Waals surface area contributed by atoms with E-state index in [0.29, 0.717) is 38.5 Å². The van der Waals surface area contributed by atoms with Crippen LogP contribution in [0.3, 0.4) is 0 Å². The maximum Gasteiger partial charge on any atom is 0.248 e. The molecule has 0 aromatic carbocycles. The topological polar surface area (TPSA) is 84.7 Å². The van der Waals surface area contributed by atoms with Crippen LogP contribution < -0.4 is 11.3 Å². The summed E-state index contributed by atoms with van der Waals surface area (Å²) in [4.78, 5) is 25.3. The number of hydrogen-bond donors (Lipinski definition) is 2. The van der Waals surface area contributed by atoms with Crippen LogP contribution in [-0.4, -0.2) is 43.0 Å². The van der Waals surface area contributed by atoms with Crippen LogP contribution >= 0.6 is 0 Å². The molecule has 6 heteroatoms. The highest BCUT2D eigenvalue weighted by molar-refractivity contribution is 5.80. The minimum Gasteiger partial charge on any atom is -0.371 e. The second kappa shape index (κ2) is 8.34. The van der Waals surface area contributed by atoms with Gasteiger partial charge >= 0.3 is 0 Å². The van der Waals surface area contributed by atoms with Crippen molar-refractivity contribution in [2.45, 2.75) is 44.9 Å². The SMILES string of the molecule is NNC(=O)C1CCN(C(=O)COCC2CCCCC2)CC1. The van der Waals surface area contributed by atoms with Gasteiger partial charge in [-0.15, -0.1) is 0 Å². The fraction of sp³-hybridized carbons (Fsp3) is 0.867. The van der Waals surface area contributed by atoms with Gasteiger partial charge in [0.15, 0.2) is 0 Å². The van der Waals surface area contributed by atoms with Crippen LogP contribution in [0.5, 0.6) is 0 Å². The first kappa shape index (κ1) is 16.2. The first-order chi connectivity index (χ1) is 10.2. The first-order valence-electron chi connectivity index (χ1n) is 8.06. The lowest BCUT2D eigenvalue weighted by Crippen LogP contribution is -2.45. The van der Waals surface area contributed by atoms with Gasteiger partial charge in [0, 0.05) is 19.0 Å². The van der Waals surface area contributed by atoms with Crippen LogP contribution in [0.15, 0.2) is 0 Å². The molecule has 0 radical (unpaired) electrons. The lowest BCUT2D eigenvalue weighted by atomic mass is 9.90. The molecule has 0 spiro atoms. The largest absolute Gasteiger partial charge is 0.371 e. The zero-order chi connectivity index (χ0) is 15.1. The summed E-state index contributed by atoms with van der Waals surface area (Å²) in [5.41, 5.74) is 2.18. The van der Waals surface area contributed by atoms with Gasteiger partial charge in [-0.25, -0.2) is 5.84 Å². The molecule has 1 saturated heterocycles. The van der Waals surface area contributed by atoms with Crippen LogP contribution in [-0.2, 0) is 14.3 Å². The molecular formula is C15H27N3O3. The molecule has 2 amide bonds. The summed E-state index contributed by atoms with van der Waals surface area (Å²) in [5.74, 6) is 5.61. The molecule has 120 valence electrons. The Morgan fingerprint density at radius 2 is 1.76 bits per heavy atom. The summed E-state index contributed by atoms with van der Waals surface area (Å²) >= 11 is 0. The maximum absolute atomic E-state index is 12.1. The Balaban J connectivity index is 1.62. The molecule has 0 bridgehead atoms. The molecule has 1 aliphatic carbocycles. The van der Waals surface area contributed by atoms with Gasteiger partial charge in [-0.05, 0) is 31.6 Å². The summed E-state index contributed by atoms with van der Waals surface area (Å²) in [6.07, 6.45) is 7.73. The molecule has 21 heavy (non-hydrogen) atoms. The molecule has 0 atom stereocenters. The molecular weight excluding hydrogens is 270 g/mol. The number of hydrogen-bond acceptors (Lipinski definition) is 4. The highest BCUT2D eigenvalue weighted by Crippen LogP contribution is 2.23. The van der Waals surface area contributed by atoms with Crippen molar-refractivity contribution in [2.24, 2.45) is 17.7 Å². The highest BCUT2D eigenvalue weighted by Gasteiger charge is 2.27. The van der Waals surface area contributed by atoms with Gasteiger partial charge in [0.2, 0.25) is 11.8 Å². The third-order valence-corrected chi connectivity index (χ3v) is 4.66. The van der Waals surface area contributed by atoms with E-state index in [9.17, 15) is 9.59 Å². The lowest BCUT2D eigenvalue weighted by Gasteiger charge is -2.31. The molecule has 2 fully saturated rings. The van der Waals surface area contributed by atoms with Crippen LogP contribution in [0.25, 0.3) is 0 Å². The van der Waals surface area contributed by atoms with Crippen LogP contribution in [0, 0.1) is 11.8 Å². The predicted molar refractivity (Wildman–Crippen MR) is 79.0 cm³/mol. The summed E-state index contributed by atoms with van der Waals surface area (Å²) in [6, 6.07) is 0. The van der Waals surface area contributed by atoms with Gasteiger partial charge in [0.1, 0.15) is 6.61 Å². The van der Waals surface area contributed by atoms with Gasteiger partial charge in [-0.1, -0.05) is 19.3 Å². The van der Waals surface area contributed by atoms with Gasteiger partial charge in [-0.3, -0.25) is 15.0 Å². The highest BCUT2D eigenvalue weighted by atomic mass is 16.5. The Labute approximate surface area is 126 Å². The van der Waals surface area contributed by atoms with Crippen molar-refractivity contribution in [3.63, 3.8) is 0 Å². The third-order valence-electron chi connectivity index (χ3n) is 4.66. The van der Waals surface area contributed by atoms with E-state index in [1.54, 1.807) is 4.90 Å². The summed E-state index contributed by atoms with van der Waals surface area (Å²) in [7, 11) is 0. The quantitative estimate of drug-likeness (QED) is 0.447. The van der Waals surface area contributed by atoms with Gasteiger partial charge in [0.25, 0.3) is 0 Å². The number of rotatable bonds is 5. The van der Waals surface area contributed by atoms with E-state index in [2.05, 4.69) is 5.43 Å². The van der Waals surface area contributed by atoms with Gasteiger partial charge in [0.05, 0.1) is 6.61 Å². The summed E-state index contributed by atoms with van der Waals surface area (Å²) in [5, 5.41) is 0. The summed E-state index contributed by atoms with van der Waals surface area (Å²) in [6.45, 7) is 2.11. The van der Waals surface area contributed by atoms with Crippen molar-refractivity contribution in [3.8, 4) is 0 Å². The predicted octanol–water partition coefficient (Wildman–Crippen LogP) is 0.812. The zero-order valence-corrected chi connectivity index (χ0v) is 12.7. The maximum atomic E-state index is 12.1. The molecule has 1 heterocycles. The Bertz CT molecular complexity index is 348. The molecule has 0 aromatic rings. The molecule has 1 saturated carbocycles. The first-order valence-corrected chi connectivity index (χ1v) is 8.06. The number of piperidine rings is 1. The number of hydrazine groups is 1. The number of nitrogens with one attached hydrogen (secondary N) is 1. The average Bonchev–Trinajstić information content (AvgIpc) is 2.55. The van der Waals surface area contributed by atoms with Crippen molar-refractivity contribution in [1.29, 1.82) is 0 Å². The molecule has 2 aliphatic rings. The fourth-order valence-electron chi connectivity index (χ4n) is 3.27. The van der Waals surface area contributed by atoms with Crippen LogP contribution in [0.1, 0.15) is 44.9 Å². The van der Waals surface area contributed by atoms with E-state index in [4.69, 9.17) is 10.6 Å². The monoisotopic (exact) mass is 297 g/mol. The molecule has 0 aromatic heterocycles. The standard InChI is InChI=1S/C15H27N3O3/c16-17-15(20)13-6-8-18(9-7-13)14(19)11-21-10-12-4-2-1-3-5-12/h12-13H,1-11,16H2,(H,17,20). The number of amides is 2. The van der Waals surface area contributed by atoms with Gasteiger partial charge in [-0.2, -0.15) is 0 Å². The fourth-order valence-corrected chi connectivity index (χ4v) is 3.27. The number of nitrogens with two attached hydrogens (primary N) is 1. The van der Waals surface area contributed by atoms with Crippen molar-refractivity contribution in [2.75, 3.05) is 26.3 Å². The number of carbonyl (C=O) groups excluding carboxylic acids is 2. The molecule has 3 N–H and O–H groups in total. The Kier molecular flexibility index (Phi) is 6.45. The van der Waals surface area contributed by atoms with Crippen molar-refractivity contribution < 1.29 is 14.3 Å². The van der Waals surface area contributed by atoms with E-state index in [1.165, 1.54) is 32.1 Å². The zero-order valence-electron chi connectivity index (χ0n) is 12.7. The minimum absolute atomic E-state index is 0.0393. The van der Waals surface area contributed by atoms with Crippen molar-refractivity contribution in [1.82, 2.24) is 10.3 Å². The molecule has 1 aliphatic heterocycles. The van der Waals surface area contributed by atoms with E-state index >= 15 is 0 Å². The van der Waals surface area contributed by atoms with E-state index in [1.807, 2.05) is 0 Å². The number of carbonyl (C=O) groups is 2. The average molecular weight is 297 g/mol. The molecule has 6 nitrogen and oxygen atoms in total. The normalized spacial score (nSPS) is 21.3. The number of nitrogens with zero attached hydrogens (tertiary/aromatic N) is 1. The van der Waals surface area contributed by atoms with E-state index in [-0.39, 0.29) is 24.3 Å². The Hall–Kier alpha value is -1.14. The van der Waals surface area contributed by atoms with Crippen LogP contribution in [0.4, 0.5) is 0 Å². The van der Waals surface area contributed by atoms with Crippen molar-refractivity contribution in [3.05, 3.63) is 0 Å².